The van der Waals surface area contributed by atoms with Crippen LogP contribution in [0.4, 0.5) is 0 Å². The van der Waals surface area contributed by atoms with Gasteiger partial charge in [0.1, 0.15) is 17.2 Å². The van der Waals surface area contributed by atoms with Crippen LogP contribution in [0.3, 0.4) is 0 Å². The van der Waals surface area contributed by atoms with E-state index in [1.54, 1.807) is 18.4 Å². The van der Waals surface area contributed by atoms with Crippen LogP contribution >= 0.6 is 11.3 Å². The predicted molar refractivity (Wildman–Crippen MR) is 146 cm³/mol. The summed E-state index contributed by atoms with van der Waals surface area (Å²) >= 11 is 1.76. The van der Waals surface area contributed by atoms with Gasteiger partial charge >= 0.3 is 0 Å². The summed E-state index contributed by atoms with van der Waals surface area (Å²) < 4.78 is 12.7. The van der Waals surface area contributed by atoms with Gasteiger partial charge in [-0.3, -0.25) is 5.10 Å². The molecule has 2 aliphatic rings. The van der Waals surface area contributed by atoms with Crippen LogP contribution in [-0.4, -0.2) is 59.7 Å². The third-order valence-corrected chi connectivity index (χ3v) is 8.28. The summed E-state index contributed by atoms with van der Waals surface area (Å²) in [6.07, 6.45) is 5.91. The molecule has 1 saturated heterocycles. The number of H-pyrrole nitrogens is 1. The number of allylic oxidation sites excluding steroid dienone is 1. The van der Waals surface area contributed by atoms with Crippen molar-refractivity contribution < 1.29 is 14.6 Å². The molecule has 36 heavy (non-hydrogen) atoms. The van der Waals surface area contributed by atoms with Gasteiger partial charge in [0.05, 0.1) is 30.0 Å². The summed E-state index contributed by atoms with van der Waals surface area (Å²) in [5, 5.41) is 17.7. The molecule has 0 bridgehead atoms. The molecular weight excluding hydrogens is 470 g/mol. The topological polar surface area (TPSA) is 70.6 Å². The number of hydrogen-bond donors (Lipinski definition) is 2. The fraction of sp³-hybridized carbons (Fsp3) is 0.345. The maximum absolute atomic E-state index is 9.84. The van der Waals surface area contributed by atoms with Crippen molar-refractivity contribution in [1.29, 1.82) is 0 Å². The Morgan fingerprint density at radius 2 is 2.11 bits per heavy atom. The van der Waals surface area contributed by atoms with E-state index in [0.717, 1.165) is 73.6 Å². The van der Waals surface area contributed by atoms with Crippen LogP contribution in [0, 0.1) is 0 Å². The second-order valence-corrected chi connectivity index (χ2v) is 10.7. The number of fused-ring (bicyclic) bond motifs is 2. The molecule has 1 unspecified atom stereocenters. The maximum Gasteiger partial charge on any atom is 0.119 e. The third-order valence-electron chi connectivity index (χ3n) is 7.09. The number of aliphatic hydroxyl groups is 1. The SMILES string of the molecule is COc1cccc(-c2cc3[nH]nc(C4=Cc5ccc(OCCCN6CCCC(O)C6)cc5C4)c3s2)c1. The number of aromatic nitrogens is 2. The number of ether oxygens (including phenoxy) is 2. The van der Waals surface area contributed by atoms with Gasteiger partial charge in [0.25, 0.3) is 0 Å². The number of β-amino-alcohol motifs (C(OH)–C–C–N with tert-alkyl or cyclic N) is 1. The highest BCUT2D eigenvalue weighted by Crippen LogP contribution is 2.40. The van der Waals surface area contributed by atoms with Crippen molar-refractivity contribution in [1.82, 2.24) is 15.1 Å². The average Bonchev–Trinajstić information content (AvgIpc) is 3.60. The minimum atomic E-state index is -0.170. The van der Waals surface area contributed by atoms with Gasteiger partial charge in [0, 0.05) is 24.4 Å². The second-order valence-electron chi connectivity index (χ2n) is 9.66. The fourth-order valence-corrected chi connectivity index (χ4v) is 6.36. The van der Waals surface area contributed by atoms with Crippen molar-refractivity contribution >= 4 is 33.2 Å². The lowest BCUT2D eigenvalue weighted by atomic mass is 10.1. The van der Waals surface area contributed by atoms with Gasteiger partial charge in [0.2, 0.25) is 0 Å². The Morgan fingerprint density at radius 1 is 1.17 bits per heavy atom. The number of methoxy groups -OCH3 is 1. The number of thiophene rings is 1. The van der Waals surface area contributed by atoms with Crippen LogP contribution in [-0.2, 0) is 6.42 Å². The van der Waals surface area contributed by atoms with E-state index < -0.39 is 0 Å². The number of aromatic amines is 1. The van der Waals surface area contributed by atoms with Crippen LogP contribution in [0.1, 0.15) is 36.1 Å². The fourth-order valence-electron chi connectivity index (χ4n) is 5.23. The number of hydrogen-bond acceptors (Lipinski definition) is 6. The molecule has 0 radical (unpaired) electrons. The van der Waals surface area contributed by atoms with E-state index in [1.807, 2.05) is 12.1 Å². The molecule has 7 heteroatoms. The molecule has 1 aliphatic heterocycles. The van der Waals surface area contributed by atoms with Gasteiger partial charge in [-0.05, 0) is 84.5 Å². The van der Waals surface area contributed by atoms with Gasteiger partial charge in [-0.15, -0.1) is 11.3 Å². The lowest BCUT2D eigenvalue weighted by Crippen LogP contribution is -2.39. The lowest BCUT2D eigenvalue weighted by Gasteiger charge is -2.29. The minimum absolute atomic E-state index is 0.170. The Hall–Kier alpha value is -3.13. The maximum atomic E-state index is 9.84. The molecule has 6 rings (SSSR count). The van der Waals surface area contributed by atoms with Crippen molar-refractivity contribution in [2.75, 3.05) is 33.4 Å². The highest BCUT2D eigenvalue weighted by Gasteiger charge is 2.21. The predicted octanol–water partition coefficient (Wildman–Crippen LogP) is 5.62. The summed E-state index contributed by atoms with van der Waals surface area (Å²) in [5.41, 5.74) is 7.00. The van der Waals surface area contributed by atoms with Crippen LogP contribution in [0.15, 0.2) is 48.5 Å². The molecule has 0 amide bonds. The van der Waals surface area contributed by atoms with Crippen LogP contribution in [0.25, 0.3) is 32.3 Å². The first-order valence-electron chi connectivity index (χ1n) is 12.7. The van der Waals surface area contributed by atoms with E-state index in [4.69, 9.17) is 9.47 Å². The van der Waals surface area contributed by atoms with Crippen molar-refractivity contribution in [3.05, 3.63) is 65.4 Å². The molecule has 186 valence electrons. The Kier molecular flexibility index (Phi) is 6.52. The molecule has 2 aromatic carbocycles. The number of benzene rings is 2. The van der Waals surface area contributed by atoms with Gasteiger partial charge in [-0.25, -0.2) is 0 Å². The number of aliphatic hydroxyl groups excluding tert-OH is 1. The summed E-state index contributed by atoms with van der Waals surface area (Å²) in [6, 6.07) is 16.7. The van der Waals surface area contributed by atoms with Gasteiger partial charge in [-0.1, -0.05) is 18.2 Å². The standard InChI is InChI=1S/C29H31N3O3S/c1-34-24-7-2-5-20(15-24)27-17-26-29(36-27)28(31-30-26)22-13-19-8-9-25(16-21(19)14-22)35-12-4-11-32-10-3-6-23(33)18-32/h2,5,7-9,13,15-17,23,33H,3-4,6,10-12,14,18H2,1H3,(H,30,31). The molecular formula is C29H31N3O3S. The summed E-state index contributed by atoms with van der Waals surface area (Å²) in [6.45, 7) is 3.53. The molecule has 2 aromatic heterocycles. The summed E-state index contributed by atoms with van der Waals surface area (Å²) in [5.74, 6) is 1.78. The summed E-state index contributed by atoms with van der Waals surface area (Å²) in [4.78, 5) is 3.54. The van der Waals surface area contributed by atoms with Crippen molar-refractivity contribution in [2.45, 2.75) is 31.8 Å². The quantitative estimate of drug-likeness (QED) is 0.307. The molecule has 1 fully saturated rings. The monoisotopic (exact) mass is 501 g/mol. The molecule has 1 aliphatic carbocycles. The summed E-state index contributed by atoms with van der Waals surface area (Å²) in [7, 11) is 1.70. The van der Waals surface area contributed by atoms with Crippen LogP contribution < -0.4 is 9.47 Å². The van der Waals surface area contributed by atoms with Crippen molar-refractivity contribution in [2.24, 2.45) is 0 Å². The Labute approximate surface area is 215 Å². The van der Waals surface area contributed by atoms with Gasteiger partial charge in [0.15, 0.2) is 0 Å². The zero-order valence-electron chi connectivity index (χ0n) is 20.5. The van der Waals surface area contributed by atoms with Crippen LogP contribution in [0.2, 0.25) is 0 Å². The molecule has 3 heterocycles. The van der Waals surface area contributed by atoms with E-state index >= 15 is 0 Å². The van der Waals surface area contributed by atoms with Crippen molar-refractivity contribution in [3.63, 3.8) is 0 Å². The first-order chi connectivity index (χ1) is 17.7. The Bertz CT molecular complexity index is 1410. The first kappa shape index (κ1) is 23.3. The molecule has 0 saturated carbocycles. The largest absolute Gasteiger partial charge is 0.497 e. The third kappa shape index (κ3) is 4.78. The average molecular weight is 502 g/mol. The molecule has 4 aromatic rings. The normalized spacial score (nSPS) is 17.8. The number of nitrogens with one attached hydrogen (secondary N) is 1. The first-order valence-corrected chi connectivity index (χ1v) is 13.5. The molecule has 6 nitrogen and oxygen atoms in total. The van der Waals surface area contributed by atoms with E-state index in [-0.39, 0.29) is 6.10 Å². The lowest BCUT2D eigenvalue weighted by molar-refractivity contribution is 0.0679. The van der Waals surface area contributed by atoms with Crippen LogP contribution in [0.5, 0.6) is 11.5 Å². The number of rotatable bonds is 8. The van der Waals surface area contributed by atoms with E-state index in [2.05, 4.69) is 57.6 Å². The van der Waals surface area contributed by atoms with E-state index in [1.165, 1.54) is 26.3 Å². The number of likely N-dealkylation sites (tertiary alicyclic amines) is 1. The highest BCUT2D eigenvalue weighted by atomic mass is 32.1. The van der Waals surface area contributed by atoms with Crippen molar-refractivity contribution in [3.8, 4) is 21.9 Å². The molecule has 1 atom stereocenters. The molecule has 0 spiro atoms. The smallest absolute Gasteiger partial charge is 0.119 e. The zero-order chi connectivity index (χ0) is 24.5. The highest BCUT2D eigenvalue weighted by molar-refractivity contribution is 7.22. The van der Waals surface area contributed by atoms with Gasteiger partial charge < -0.3 is 19.5 Å². The Balaban J connectivity index is 1.11. The second kappa shape index (κ2) is 10.1. The number of piperidine rings is 1. The zero-order valence-corrected chi connectivity index (χ0v) is 21.3. The van der Waals surface area contributed by atoms with E-state index in [9.17, 15) is 5.11 Å². The minimum Gasteiger partial charge on any atom is -0.497 e. The van der Waals surface area contributed by atoms with E-state index in [0.29, 0.717) is 6.61 Å². The Morgan fingerprint density at radius 3 is 3.00 bits per heavy atom. The number of nitrogens with zero attached hydrogens (tertiary/aromatic N) is 2. The van der Waals surface area contributed by atoms with Gasteiger partial charge in [-0.2, -0.15) is 5.10 Å². The molecule has 2 N–H and O–H groups in total.